The van der Waals surface area contributed by atoms with Crippen LogP contribution in [0.25, 0.3) is 11.3 Å². The molecule has 0 saturated carbocycles. The van der Waals surface area contributed by atoms with E-state index in [4.69, 9.17) is 4.74 Å². The van der Waals surface area contributed by atoms with Gasteiger partial charge in [-0.2, -0.15) is 5.10 Å². The fraction of sp³-hybridized carbons (Fsp3) is 0.542. The van der Waals surface area contributed by atoms with Crippen LogP contribution in [0.1, 0.15) is 69.1 Å². The molecule has 2 aromatic rings. The Morgan fingerprint density at radius 3 is 2.37 bits per heavy atom. The molecule has 6 nitrogen and oxygen atoms in total. The number of amides is 1. The zero-order chi connectivity index (χ0) is 21.7. The molecule has 1 amide bonds. The highest BCUT2D eigenvalue weighted by molar-refractivity contribution is 5.88. The predicted molar refractivity (Wildman–Crippen MR) is 117 cm³/mol. The van der Waals surface area contributed by atoms with Crippen LogP contribution in [0.5, 0.6) is 0 Å². The standard InChI is InChI=1S/C24H33N3O3/c1-5-17(4)23(28)26-14-12-20(13-15-26)27-22(16-21(25-27)24(29)30-7-3)19-10-8-18(6-2)9-11-19/h8-11,16-17,20H,5-7,12-15H2,1-4H3/t17-/m1/s1. The van der Waals surface area contributed by atoms with Crippen molar-refractivity contribution < 1.29 is 14.3 Å². The third-order valence-electron chi connectivity index (χ3n) is 6.03. The summed E-state index contributed by atoms with van der Waals surface area (Å²) < 4.78 is 7.15. The zero-order valence-electron chi connectivity index (χ0n) is 18.6. The highest BCUT2D eigenvalue weighted by atomic mass is 16.5. The number of likely N-dealkylation sites (tertiary alicyclic amines) is 1. The van der Waals surface area contributed by atoms with E-state index in [9.17, 15) is 9.59 Å². The Bertz CT molecular complexity index is 864. The molecule has 162 valence electrons. The van der Waals surface area contributed by atoms with Gasteiger partial charge in [0.15, 0.2) is 5.69 Å². The molecule has 0 radical (unpaired) electrons. The van der Waals surface area contributed by atoms with Crippen molar-refractivity contribution in [2.45, 2.75) is 59.4 Å². The van der Waals surface area contributed by atoms with Crippen molar-refractivity contribution in [3.05, 3.63) is 41.6 Å². The van der Waals surface area contributed by atoms with Crippen LogP contribution in [0, 0.1) is 5.92 Å². The lowest BCUT2D eigenvalue weighted by Gasteiger charge is -2.34. The lowest BCUT2D eigenvalue weighted by Crippen LogP contribution is -2.41. The van der Waals surface area contributed by atoms with Crippen LogP contribution < -0.4 is 0 Å². The van der Waals surface area contributed by atoms with E-state index in [1.807, 2.05) is 29.5 Å². The molecule has 1 aliphatic rings. The normalized spacial score (nSPS) is 15.8. The Morgan fingerprint density at radius 2 is 1.80 bits per heavy atom. The molecule has 0 bridgehead atoms. The molecule has 3 rings (SSSR count). The third kappa shape index (κ3) is 4.74. The first-order valence-electron chi connectivity index (χ1n) is 11.1. The molecule has 6 heteroatoms. The van der Waals surface area contributed by atoms with Crippen LogP contribution in [0.3, 0.4) is 0 Å². The van der Waals surface area contributed by atoms with Gasteiger partial charge < -0.3 is 9.64 Å². The van der Waals surface area contributed by atoms with Gasteiger partial charge >= 0.3 is 5.97 Å². The monoisotopic (exact) mass is 411 g/mol. The number of benzene rings is 1. The fourth-order valence-electron chi connectivity index (χ4n) is 3.92. The average molecular weight is 412 g/mol. The van der Waals surface area contributed by atoms with Gasteiger partial charge in [0.1, 0.15) is 0 Å². The Balaban J connectivity index is 1.85. The topological polar surface area (TPSA) is 64.4 Å². The van der Waals surface area contributed by atoms with Gasteiger partial charge in [0.2, 0.25) is 5.91 Å². The van der Waals surface area contributed by atoms with Gasteiger partial charge in [0, 0.05) is 19.0 Å². The van der Waals surface area contributed by atoms with E-state index in [1.54, 1.807) is 6.92 Å². The smallest absolute Gasteiger partial charge is 0.358 e. The number of aromatic nitrogens is 2. The summed E-state index contributed by atoms with van der Waals surface area (Å²) in [6.45, 7) is 9.73. The van der Waals surface area contributed by atoms with Crippen LogP contribution in [-0.2, 0) is 16.0 Å². The molecule has 1 fully saturated rings. The number of nitrogens with zero attached hydrogens (tertiary/aromatic N) is 3. The molecule has 0 aliphatic carbocycles. The van der Waals surface area contributed by atoms with Gasteiger partial charge in [-0.15, -0.1) is 0 Å². The highest BCUT2D eigenvalue weighted by Gasteiger charge is 2.29. The summed E-state index contributed by atoms with van der Waals surface area (Å²) in [5, 5.41) is 4.63. The van der Waals surface area contributed by atoms with E-state index in [0.717, 1.165) is 50.0 Å². The minimum Gasteiger partial charge on any atom is -0.461 e. The Kier molecular flexibility index (Phi) is 7.29. The molecule has 0 unspecified atom stereocenters. The number of hydrogen-bond acceptors (Lipinski definition) is 4. The molecule has 1 aromatic carbocycles. The molecule has 1 aliphatic heterocycles. The van der Waals surface area contributed by atoms with Crippen molar-refractivity contribution in [3.63, 3.8) is 0 Å². The van der Waals surface area contributed by atoms with E-state index >= 15 is 0 Å². The Morgan fingerprint density at radius 1 is 1.13 bits per heavy atom. The summed E-state index contributed by atoms with van der Waals surface area (Å²) in [5.41, 5.74) is 3.57. The summed E-state index contributed by atoms with van der Waals surface area (Å²) in [6, 6.07) is 10.4. The fourth-order valence-corrected chi connectivity index (χ4v) is 3.92. The van der Waals surface area contributed by atoms with Crippen LogP contribution >= 0.6 is 0 Å². The number of ether oxygens (including phenoxy) is 1. The van der Waals surface area contributed by atoms with Crippen LogP contribution in [0.4, 0.5) is 0 Å². The van der Waals surface area contributed by atoms with E-state index in [2.05, 4.69) is 36.3 Å². The second-order valence-corrected chi connectivity index (χ2v) is 8.00. The number of carbonyl (C=O) groups is 2. The van der Waals surface area contributed by atoms with Crippen LogP contribution in [-0.4, -0.2) is 46.3 Å². The van der Waals surface area contributed by atoms with Gasteiger partial charge in [0.05, 0.1) is 18.3 Å². The minimum atomic E-state index is -0.396. The lowest BCUT2D eigenvalue weighted by atomic mass is 10.0. The number of carbonyl (C=O) groups excluding carboxylic acids is 2. The summed E-state index contributed by atoms with van der Waals surface area (Å²) in [5.74, 6) is -0.0969. The molecule has 0 spiro atoms. The second kappa shape index (κ2) is 9.92. The summed E-state index contributed by atoms with van der Waals surface area (Å²) in [6.07, 6.45) is 3.49. The van der Waals surface area contributed by atoms with Crippen molar-refractivity contribution in [2.75, 3.05) is 19.7 Å². The summed E-state index contributed by atoms with van der Waals surface area (Å²) in [7, 11) is 0. The van der Waals surface area contributed by atoms with Crippen molar-refractivity contribution in [2.24, 2.45) is 5.92 Å². The van der Waals surface area contributed by atoms with E-state index in [1.165, 1.54) is 5.56 Å². The third-order valence-corrected chi connectivity index (χ3v) is 6.03. The number of rotatable bonds is 7. The van der Waals surface area contributed by atoms with Gasteiger partial charge in [0.25, 0.3) is 0 Å². The first-order valence-corrected chi connectivity index (χ1v) is 11.1. The molecular formula is C24H33N3O3. The molecule has 0 N–H and O–H groups in total. The number of esters is 1. The van der Waals surface area contributed by atoms with Gasteiger partial charge in [-0.1, -0.05) is 45.0 Å². The quantitative estimate of drug-likeness (QED) is 0.629. The Hall–Kier alpha value is -2.63. The van der Waals surface area contributed by atoms with Crippen molar-refractivity contribution in [1.29, 1.82) is 0 Å². The van der Waals surface area contributed by atoms with Crippen molar-refractivity contribution >= 4 is 11.9 Å². The van der Waals surface area contributed by atoms with Crippen LogP contribution in [0.15, 0.2) is 30.3 Å². The van der Waals surface area contributed by atoms with E-state index in [-0.39, 0.29) is 17.9 Å². The van der Waals surface area contributed by atoms with E-state index < -0.39 is 5.97 Å². The SMILES string of the molecule is CCOC(=O)c1cc(-c2ccc(CC)cc2)n(C2CCN(C(=O)[C@H](C)CC)CC2)n1. The number of aryl methyl sites for hydroxylation is 1. The molecule has 1 saturated heterocycles. The minimum absolute atomic E-state index is 0.0642. The van der Waals surface area contributed by atoms with Gasteiger partial charge in [-0.3, -0.25) is 9.48 Å². The lowest BCUT2D eigenvalue weighted by molar-refractivity contribution is -0.136. The van der Waals surface area contributed by atoms with Gasteiger partial charge in [-0.05, 0) is 49.8 Å². The maximum Gasteiger partial charge on any atom is 0.358 e. The summed E-state index contributed by atoms with van der Waals surface area (Å²) >= 11 is 0. The summed E-state index contributed by atoms with van der Waals surface area (Å²) in [4.78, 5) is 26.8. The first-order chi connectivity index (χ1) is 14.5. The number of hydrogen-bond donors (Lipinski definition) is 0. The maximum atomic E-state index is 12.5. The largest absolute Gasteiger partial charge is 0.461 e. The highest BCUT2D eigenvalue weighted by Crippen LogP contribution is 2.30. The Labute approximate surface area is 179 Å². The molecule has 1 atom stereocenters. The van der Waals surface area contributed by atoms with Crippen molar-refractivity contribution in [1.82, 2.24) is 14.7 Å². The molecule has 30 heavy (non-hydrogen) atoms. The maximum absolute atomic E-state index is 12.5. The molecule has 1 aromatic heterocycles. The van der Waals surface area contributed by atoms with E-state index in [0.29, 0.717) is 12.3 Å². The average Bonchev–Trinajstić information content (AvgIpc) is 3.24. The van der Waals surface area contributed by atoms with Crippen LogP contribution in [0.2, 0.25) is 0 Å². The first kappa shape index (κ1) is 22.1. The number of piperidine rings is 1. The molecule has 2 heterocycles. The zero-order valence-corrected chi connectivity index (χ0v) is 18.6. The van der Waals surface area contributed by atoms with Gasteiger partial charge in [-0.25, -0.2) is 4.79 Å². The predicted octanol–water partition coefficient (Wildman–Crippen LogP) is 4.50. The second-order valence-electron chi connectivity index (χ2n) is 8.00. The van der Waals surface area contributed by atoms with Crippen molar-refractivity contribution in [3.8, 4) is 11.3 Å². The molecular weight excluding hydrogens is 378 g/mol.